The highest BCUT2D eigenvalue weighted by atomic mass is 16.5. The fourth-order valence-electron chi connectivity index (χ4n) is 7.25. The van der Waals surface area contributed by atoms with Gasteiger partial charge in [-0.2, -0.15) is 0 Å². The number of carbonyl (C=O) groups is 3. The summed E-state index contributed by atoms with van der Waals surface area (Å²) < 4.78 is 6.50. The highest BCUT2D eigenvalue weighted by Gasteiger charge is 2.72. The van der Waals surface area contributed by atoms with E-state index in [1.165, 1.54) is 12.0 Å². The molecule has 7 heteroatoms. The molecule has 7 nitrogen and oxygen atoms in total. The van der Waals surface area contributed by atoms with Crippen LogP contribution in [0.15, 0.2) is 60.7 Å². The number of amides is 3. The maximum Gasteiger partial charge on any atom is 0.246 e. The summed E-state index contributed by atoms with van der Waals surface area (Å²) in [6.07, 6.45) is 8.12. The van der Waals surface area contributed by atoms with Crippen molar-refractivity contribution in [2.24, 2.45) is 17.8 Å². The van der Waals surface area contributed by atoms with E-state index in [4.69, 9.17) is 4.74 Å². The molecule has 3 aliphatic heterocycles. The number of aryl methyl sites for hydroxylation is 2. The van der Waals surface area contributed by atoms with Crippen LogP contribution in [-0.2, 0) is 25.5 Å². The first-order chi connectivity index (χ1) is 19.3. The van der Waals surface area contributed by atoms with Gasteiger partial charge in [0.05, 0.1) is 17.9 Å². The van der Waals surface area contributed by atoms with Crippen LogP contribution < -0.4 is 10.6 Å². The maximum atomic E-state index is 14.2. The summed E-state index contributed by atoms with van der Waals surface area (Å²) in [5.41, 5.74) is 2.85. The van der Waals surface area contributed by atoms with Gasteiger partial charge in [-0.25, -0.2) is 0 Å². The van der Waals surface area contributed by atoms with Crippen LogP contribution in [0.3, 0.4) is 0 Å². The Morgan fingerprint density at radius 2 is 1.80 bits per heavy atom. The van der Waals surface area contributed by atoms with Gasteiger partial charge in [0, 0.05) is 18.3 Å². The summed E-state index contributed by atoms with van der Waals surface area (Å²) in [4.78, 5) is 43.6. The van der Waals surface area contributed by atoms with Crippen LogP contribution in [0.2, 0.25) is 0 Å². The van der Waals surface area contributed by atoms with E-state index in [2.05, 4.69) is 41.8 Å². The molecule has 2 saturated heterocycles. The highest BCUT2D eigenvalue weighted by molar-refractivity contribution is 6.02. The zero-order valence-corrected chi connectivity index (χ0v) is 23.6. The van der Waals surface area contributed by atoms with Gasteiger partial charge >= 0.3 is 0 Å². The number of carbonyl (C=O) groups excluding carboxylic acids is 3. The lowest BCUT2D eigenvalue weighted by Gasteiger charge is -2.36. The molecule has 2 aromatic rings. The molecule has 3 heterocycles. The van der Waals surface area contributed by atoms with Gasteiger partial charge in [-0.1, -0.05) is 73.9 Å². The molecule has 3 amide bonds. The van der Waals surface area contributed by atoms with E-state index in [0.29, 0.717) is 24.6 Å². The fraction of sp³-hybridized carbons (Fsp3) is 0.485. The molecule has 6 rings (SSSR count). The summed E-state index contributed by atoms with van der Waals surface area (Å²) in [7, 11) is 0. The summed E-state index contributed by atoms with van der Waals surface area (Å²) >= 11 is 0. The highest BCUT2D eigenvalue weighted by Crippen LogP contribution is 2.55. The zero-order chi connectivity index (χ0) is 28.0. The minimum absolute atomic E-state index is 0.0775. The second kappa shape index (κ2) is 10.5. The molecule has 40 heavy (non-hydrogen) atoms. The first kappa shape index (κ1) is 26.8. The molecule has 2 bridgehead atoms. The number of likely N-dealkylation sites (tertiary alicyclic amines) is 1. The van der Waals surface area contributed by atoms with Gasteiger partial charge in [-0.15, -0.1) is 0 Å². The van der Waals surface area contributed by atoms with Gasteiger partial charge in [0.1, 0.15) is 11.6 Å². The van der Waals surface area contributed by atoms with E-state index in [9.17, 15) is 14.4 Å². The summed E-state index contributed by atoms with van der Waals surface area (Å²) in [6, 6.07) is 15.1. The van der Waals surface area contributed by atoms with E-state index in [1.807, 2.05) is 50.3 Å². The maximum absolute atomic E-state index is 14.2. The molecule has 7 unspecified atom stereocenters. The van der Waals surface area contributed by atoms with Crippen molar-refractivity contribution in [3.63, 3.8) is 0 Å². The molecule has 0 radical (unpaired) electrons. The number of nitrogens with one attached hydrogen (secondary N) is 2. The average molecular weight is 542 g/mol. The van der Waals surface area contributed by atoms with Gasteiger partial charge in [-0.05, 0) is 62.3 Å². The van der Waals surface area contributed by atoms with Gasteiger partial charge in [-0.3, -0.25) is 14.4 Å². The average Bonchev–Trinajstić information content (AvgIpc) is 3.57. The molecular weight excluding hydrogens is 502 g/mol. The van der Waals surface area contributed by atoms with E-state index in [1.54, 1.807) is 4.90 Å². The lowest BCUT2D eigenvalue weighted by Crippen LogP contribution is -2.57. The Morgan fingerprint density at radius 3 is 2.55 bits per heavy atom. The van der Waals surface area contributed by atoms with Crippen LogP contribution in [-0.4, -0.2) is 53.0 Å². The second-order valence-corrected chi connectivity index (χ2v) is 12.2. The predicted octanol–water partition coefficient (Wildman–Crippen LogP) is 4.33. The smallest absolute Gasteiger partial charge is 0.246 e. The van der Waals surface area contributed by atoms with Crippen LogP contribution in [0.5, 0.6) is 0 Å². The van der Waals surface area contributed by atoms with Crippen molar-refractivity contribution in [1.82, 2.24) is 10.2 Å². The number of hydrogen-bond donors (Lipinski definition) is 2. The van der Waals surface area contributed by atoms with Crippen molar-refractivity contribution in [3.05, 3.63) is 77.4 Å². The number of ether oxygens (including phenoxy) is 1. The lowest BCUT2D eigenvalue weighted by molar-refractivity contribution is -0.141. The van der Waals surface area contributed by atoms with E-state index >= 15 is 0 Å². The minimum atomic E-state index is -1.15. The van der Waals surface area contributed by atoms with Crippen LogP contribution in [0.1, 0.15) is 49.3 Å². The molecule has 1 aliphatic carbocycles. The third-order valence-corrected chi connectivity index (χ3v) is 9.41. The number of rotatable bonds is 7. The van der Waals surface area contributed by atoms with Crippen LogP contribution in [0.4, 0.5) is 5.69 Å². The molecule has 4 aliphatic rings. The van der Waals surface area contributed by atoms with Crippen molar-refractivity contribution < 1.29 is 19.1 Å². The first-order valence-corrected chi connectivity index (χ1v) is 14.7. The van der Waals surface area contributed by atoms with Gasteiger partial charge < -0.3 is 20.3 Å². The molecule has 210 valence electrons. The molecule has 2 aromatic carbocycles. The normalized spacial score (nSPS) is 32.3. The number of anilines is 1. The molecule has 1 spiro atoms. The summed E-state index contributed by atoms with van der Waals surface area (Å²) in [5, 5.41) is 6.31. The predicted molar refractivity (Wildman–Crippen MR) is 153 cm³/mol. The van der Waals surface area contributed by atoms with E-state index in [0.717, 1.165) is 30.4 Å². The molecule has 0 aromatic heterocycles. The lowest BCUT2D eigenvalue weighted by atomic mass is 9.74. The Hall–Kier alpha value is -3.45. The minimum Gasteiger partial charge on any atom is -0.359 e. The van der Waals surface area contributed by atoms with Crippen molar-refractivity contribution in [1.29, 1.82) is 0 Å². The van der Waals surface area contributed by atoms with Crippen LogP contribution >= 0.6 is 0 Å². The van der Waals surface area contributed by atoms with Gasteiger partial charge in [0.25, 0.3) is 0 Å². The van der Waals surface area contributed by atoms with Crippen LogP contribution in [0, 0.1) is 31.6 Å². The number of nitrogens with zero attached hydrogens (tertiary/aromatic N) is 1. The first-order valence-electron chi connectivity index (χ1n) is 14.7. The quantitative estimate of drug-likeness (QED) is 0.511. The Labute approximate surface area is 236 Å². The molecular formula is C33H39N3O4. The zero-order valence-electron chi connectivity index (χ0n) is 23.6. The Balaban J connectivity index is 1.30. The van der Waals surface area contributed by atoms with E-state index < -0.39 is 29.6 Å². The van der Waals surface area contributed by atoms with Crippen molar-refractivity contribution in [3.8, 4) is 0 Å². The SMILES string of the molecule is Cc1ccc(CCN2C(=O)C3C(C(=O)Nc4cccc(C)c4)C4C=CC3(O4)C2C(=O)NC2CCCCC2C)cc1. The largest absolute Gasteiger partial charge is 0.359 e. The molecule has 3 fully saturated rings. The topological polar surface area (TPSA) is 87.7 Å². The standard InChI is InChI=1S/C33H39N3O4/c1-20-11-13-23(14-12-20)16-18-36-29(31(38)35-25-10-5-4-8-22(25)3)33-17-15-26(40-33)27(28(33)32(36)39)30(37)34-24-9-6-7-21(2)19-24/h6-7,9,11-15,17,19,22,25-29H,4-5,8,10,16,18H2,1-3H3,(H,34,37)(H,35,38). The third kappa shape index (κ3) is 4.64. The number of fused-ring (bicyclic) bond motifs is 1. The van der Waals surface area contributed by atoms with Crippen LogP contribution in [0.25, 0.3) is 0 Å². The molecule has 2 N–H and O–H groups in total. The van der Waals surface area contributed by atoms with E-state index in [-0.39, 0.29) is 23.8 Å². The van der Waals surface area contributed by atoms with Crippen molar-refractivity contribution in [2.45, 2.75) is 76.7 Å². The number of hydrogen-bond acceptors (Lipinski definition) is 4. The summed E-state index contributed by atoms with van der Waals surface area (Å²) in [6.45, 7) is 6.58. The third-order valence-electron chi connectivity index (χ3n) is 9.41. The number of benzene rings is 2. The van der Waals surface area contributed by atoms with Crippen molar-refractivity contribution in [2.75, 3.05) is 11.9 Å². The van der Waals surface area contributed by atoms with Crippen molar-refractivity contribution >= 4 is 23.4 Å². The molecule has 7 atom stereocenters. The molecule has 1 saturated carbocycles. The monoisotopic (exact) mass is 541 g/mol. The second-order valence-electron chi connectivity index (χ2n) is 12.2. The Kier molecular flexibility index (Phi) is 7.03. The van der Waals surface area contributed by atoms with Gasteiger partial charge in [0.2, 0.25) is 17.7 Å². The Bertz CT molecular complexity index is 1340. The van der Waals surface area contributed by atoms with Gasteiger partial charge in [0.15, 0.2) is 0 Å². The Morgan fingerprint density at radius 1 is 1.02 bits per heavy atom. The fourth-order valence-corrected chi connectivity index (χ4v) is 7.25. The summed E-state index contributed by atoms with van der Waals surface area (Å²) in [5.74, 6) is -1.67.